The van der Waals surface area contributed by atoms with Gasteiger partial charge in [0.1, 0.15) is 0 Å². The molecule has 0 atom stereocenters. The Morgan fingerprint density at radius 1 is 0.846 bits per heavy atom. The molecule has 0 aromatic heterocycles. The van der Waals surface area contributed by atoms with Gasteiger partial charge in [-0.25, -0.2) is 0 Å². The summed E-state index contributed by atoms with van der Waals surface area (Å²) in [5.41, 5.74) is 0. The van der Waals surface area contributed by atoms with E-state index in [9.17, 15) is 0 Å². The van der Waals surface area contributed by atoms with Crippen molar-refractivity contribution < 1.29 is 0 Å². The summed E-state index contributed by atoms with van der Waals surface area (Å²) in [7, 11) is -0.337. The van der Waals surface area contributed by atoms with Crippen LogP contribution >= 0.6 is 0 Å². The molecule has 2 rings (SSSR count). The molecule has 0 bridgehead atoms. The molecule has 0 unspecified atom stereocenters. The lowest BCUT2D eigenvalue weighted by molar-refractivity contribution is 1.76. The first kappa shape index (κ1) is 8.51. The van der Waals surface area contributed by atoms with Crippen LogP contribution in [0.2, 0.25) is 13.1 Å². The minimum absolute atomic E-state index is 0.337. The molecule has 0 aliphatic heterocycles. The van der Waals surface area contributed by atoms with Crippen molar-refractivity contribution in [2.24, 2.45) is 0 Å². The molecule has 0 nitrogen and oxygen atoms in total. The molecule has 0 heterocycles. The number of benzene rings is 2. The van der Waals surface area contributed by atoms with E-state index < -0.39 is 0 Å². The minimum Gasteiger partial charge on any atom is -0.0671 e. The standard InChI is InChI=1S/C12H13Si/c1-13(2)12-9-5-7-10-6-3-4-8-11(10)12/h3-9H,1-2H3. The summed E-state index contributed by atoms with van der Waals surface area (Å²) in [5, 5.41) is 4.35. The third kappa shape index (κ3) is 1.52. The maximum absolute atomic E-state index is 2.34. The Bertz CT molecular complexity index is 413. The first-order chi connectivity index (χ1) is 6.29. The van der Waals surface area contributed by atoms with Crippen molar-refractivity contribution >= 4 is 24.8 Å². The van der Waals surface area contributed by atoms with Gasteiger partial charge in [-0.3, -0.25) is 0 Å². The van der Waals surface area contributed by atoms with Crippen molar-refractivity contribution in [2.45, 2.75) is 13.1 Å². The number of rotatable bonds is 1. The summed E-state index contributed by atoms with van der Waals surface area (Å²) in [5.74, 6) is 0. The van der Waals surface area contributed by atoms with Gasteiger partial charge < -0.3 is 0 Å². The molecule has 1 heteroatoms. The SMILES string of the molecule is C[Si](C)c1cccc2ccccc12. The highest BCUT2D eigenvalue weighted by Gasteiger charge is 2.04. The van der Waals surface area contributed by atoms with Crippen LogP contribution in [0.25, 0.3) is 10.8 Å². The van der Waals surface area contributed by atoms with Crippen molar-refractivity contribution in [3.8, 4) is 0 Å². The third-order valence-corrected chi connectivity index (χ3v) is 3.84. The molecule has 65 valence electrons. The summed E-state index contributed by atoms with van der Waals surface area (Å²) < 4.78 is 0. The van der Waals surface area contributed by atoms with Gasteiger partial charge >= 0.3 is 0 Å². The fourth-order valence-electron chi connectivity index (χ4n) is 1.66. The van der Waals surface area contributed by atoms with Crippen molar-refractivity contribution in [3.63, 3.8) is 0 Å². The van der Waals surface area contributed by atoms with Crippen LogP contribution in [0.3, 0.4) is 0 Å². The molecule has 0 aliphatic carbocycles. The third-order valence-electron chi connectivity index (χ3n) is 2.33. The number of hydrogen-bond donors (Lipinski definition) is 0. The second kappa shape index (κ2) is 3.34. The fourth-order valence-corrected chi connectivity index (χ4v) is 2.86. The van der Waals surface area contributed by atoms with Crippen LogP contribution in [0, 0.1) is 0 Å². The lowest BCUT2D eigenvalue weighted by Gasteiger charge is -2.07. The van der Waals surface area contributed by atoms with Crippen LogP contribution in [-0.2, 0) is 0 Å². The molecule has 1 radical (unpaired) electrons. The molecule has 2 aromatic rings. The van der Waals surface area contributed by atoms with Crippen molar-refractivity contribution in [1.82, 2.24) is 0 Å². The zero-order valence-corrected chi connectivity index (χ0v) is 9.04. The van der Waals surface area contributed by atoms with Gasteiger partial charge in [0.15, 0.2) is 0 Å². The molecule has 0 amide bonds. The second-order valence-electron chi connectivity index (χ2n) is 3.53. The van der Waals surface area contributed by atoms with E-state index in [0.717, 1.165) is 0 Å². The van der Waals surface area contributed by atoms with Crippen molar-refractivity contribution in [2.75, 3.05) is 0 Å². The van der Waals surface area contributed by atoms with E-state index >= 15 is 0 Å². The smallest absolute Gasteiger partial charge is 0.0671 e. The molecule has 13 heavy (non-hydrogen) atoms. The maximum Gasteiger partial charge on any atom is 0.0799 e. The van der Waals surface area contributed by atoms with E-state index in [1.807, 2.05) is 0 Å². The van der Waals surface area contributed by atoms with Gasteiger partial charge in [0.2, 0.25) is 0 Å². The number of hydrogen-bond acceptors (Lipinski definition) is 0. The van der Waals surface area contributed by atoms with Crippen LogP contribution in [-0.4, -0.2) is 8.80 Å². The van der Waals surface area contributed by atoms with Gasteiger partial charge in [-0.05, 0) is 10.8 Å². The number of fused-ring (bicyclic) bond motifs is 1. The fraction of sp³-hybridized carbons (Fsp3) is 0.167. The van der Waals surface area contributed by atoms with E-state index in [2.05, 4.69) is 55.6 Å². The largest absolute Gasteiger partial charge is 0.0799 e. The Kier molecular flexibility index (Phi) is 2.19. The van der Waals surface area contributed by atoms with Gasteiger partial charge in [0, 0.05) is 0 Å². The summed E-state index contributed by atoms with van der Waals surface area (Å²) in [6, 6.07) is 15.2. The lowest BCUT2D eigenvalue weighted by atomic mass is 10.1. The average molecular weight is 185 g/mol. The molecule has 0 fully saturated rings. The first-order valence-electron chi connectivity index (χ1n) is 4.57. The predicted molar refractivity (Wildman–Crippen MR) is 61.1 cm³/mol. The van der Waals surface area contributed by atoms with E-state index in [4.69, 9.17) is 0 Å². The average Bonchev–Trinajstić information content (AvgIpc) is 2.17. The minimum atomic E-state index is -0.337. The summed E-state index contributed by atoms with van der Waals surface area (Å²) in [4.78, 5) is 0. The van der Waals surface area contributed by atoms with E-state index in [0.29, 0.717) is 0 Å². The Morgan fingerprint density at radius 2 is 1.54 bits per heavy atom. The van der Waals surface area contributed by atoms with Crippen molar-refractivity contribution in [3.05, 3.63) is 42.5 Å². The zero-order valence-electron chi connectivity index (χ0n) is 8.04. The topological polar surface area (TPSA) is 0 Å². The van der Waals surface area contributed by atoms with Gasteiger partial charge in [-0.1, -0.05) is 60.7 Å². The van der Waals surface area contributed by atoms with Crippen LogP contribution in [0.15, 0.2) is 42.5 Å². The van der Waals surface area contributed by atoms with Crippen LogP contribution < -0.4 is 5.19 Å². The molecule has 0 spiro atoms. The summed E-state index contributed by atoms with van der Waals surface area (Å²) >= 11 is 0. The predicted octanol–water partition coefficient (Wildman–Crippen LogP) is 2.80. The summed E-state index contributed by atoms with van der Waals surface area (Å²) in [6.45, 7) is 4.68. The quantitative estimate of drug-likeness (QED) is 0.599. The molecule has 0 aliphatic rings. The van der Waals surface area contributed by atoms with Crippen LogP contribution in [0.5, 0.6) is 0 Å². The van der Waals surface area contributed by atoms with Crippen LogP contribution in [0.4, 0.5) is 0 Å². The Morgan fingerprint density at radius 3 is 2.31 bits per heavy atom. The van der Waals surface area contributed by atoms with Gasteiger partial charge in [-0.15, -0.1) is 0 Å². The normalized spacial score (nSPS) is 11.0. The monoisotopic (exact) mass is 185 g/mol. The highest BCUT2D eigenvalue weighted by atomic mass is 28.3. The summed E-state index contributed by atoms with van der Waals surface area (Å²) in [6.07, 6.45) is 0. The van der Waals surface area contributed by atoms with E-state index in [-0.39, 0.29) is 8.80 Å². The molecule has 0 saturated heterocycles. The highest BCUT2D eigenvalue weighted by molar-refractivity contribution is 6.73. The molecule has 2 aromatic carbocycles. The van der Waals surface area contributed by atoms with Crippen molar-refractivity contribution in [1.29, 1.82) is 0 Å². The molecular weight excluding hydrogens is 172 g/mol. The second-order valence-corrected chi connectivity index (χ2v) is 6.07. The van der Waals surface area contributed by atoms with E-state index in [1.165, 1.54) is 10.8 Å². The lowest BCUT2D eigenvalue weighted by Crippen LogP contribution is -2.22. The maximum atomic E-state index is 2.34. The van der Waals surface area contributed by atoms with Gasteiger partial charge in [0.25, 0.3) is 0 Å². The van der Waals surface area contributed by atoms with Crippen LogP contribution in [0.1, 0.15) is 0 Å². The Balaban J connectivity index is 2.76. The first-order valence-corrected chi connectivity index (χ1v) is 7.07. The highest BCUT2D eigenvalue weighted by Crippen LogP contribution is 2.11. The Labute approximate surface area is 80.8 Å². The van der Waals surface area contributed by atoms with E-state index in [1.54, 1.807) is 5.19 Å². The molecule has 0 saturated carbocycles. The zero-order chi connectivity index (χ0) is 9.26. The Hall–Kier alpha value is -1.08. The molecule has 0 N–H and O–H groups in total. The van der Waals surface area contributed by atoms with Gasteiger partial charge in [-0.2, -0.15) is 0 Å². The molecular formula is C12H13Si. The van der Waals surface area contributed by atoms with Gasteiger partial charge in [0.05, 0.1) is 8.80 Å².